The number of nitrogens with one attached hydrogen (secondary N) is 1. The molecule has 0 aromatic carbocycles. The summed E-state index contributed by atoms with van der Waals surface area (Å²) in [5.41, 5.74) is 1.53. The first-order valence-electron chi connectivity index (χ1n) is 2.47. The van der Waals surface area contributed by atoms with Crippen LogP contribution in [0.2, 0.25) is 0 Å². The molecule has 0 saturated heterocycles. The van der Waals surface area contributed by atoms with Crippen LogP contribution in [0.1, 0.15) is 4.88 Å². The van der Waals surface area contributed by atoms with Gasteiger partial charge in [-0.25, -0.2) is 10.5 Å². The van der Waals surface area contributed by atoms with Crippen molar-refractivity contribution in [3.05, 3.63) is 11.1 Å². The van der Waals surface area contributed by atoms with Crippen LogP contribution in [0.3, 0.4) is 0 Å². The van der Waals surface area contributed by atoms with Crippen LogP contribution >= 0.6 is 11.3 Å². The number of hydrogen-bond donors (Lipinski definition) is 2. The van der Waals surface area contributed by atoms with Gasteiger partial charge in [0.1, 0.15) is 4.88 Å². The van der Waals surface area contributed by atoms with Gasteiger partial charge in [0.15, 0.2) is 0 Å². The second-order valence-electron chi connectivity index (χ2n) is 1.64. The van der Waals surface area contributed by atoms with Crippen molar-refractivity contribution in [3.8, 4) is 0 Å². The zero-order valence-corrected chi connectivity index (χ0v) is 5.83. The minimum Gasteiger partial charge on any atom is -0.289 e. The van der Waals surface area contributed by atoms with Gasteiger partial charge < -0.3 is 0 Å². The Morgan fingerprint density at radius 3 is 2.45 bits per heavy atom. The van der Waals surface area contributed by atoms with Crippen LogP contribution in [0.15, 0.2) is 6.20 Å². The fourth-order valence-corrected chi connectivity index (χ4v) is 1.04. The van der Waals surface area contributed by atoms with E-state index in [1.807, 2.05) is 0 Å². The second kappa shape index (κ2) is 2.67. The summed E-state index contributed by atoms with van der Waals surface area (Å²) in [6.07, 6.45) is -3.73. The van der Waals surface area contributed by atoms with E-state index in [0.29, 0.717) is 17.5 Å². The molecule has 0 fully saturated rings. The van der Waals surface area contributed by atoms with Gasteiger partial charge in [0.05, 0.1) is 6.20 Å². The molecule has 0 atom stereocenters. The minimum atomic E-state index is -4.38. The molecule has 2 N–H and O–H groups in total. The highest BCUT2D eigenvalue weighted by molar-refractivity contribution is 7.15. The van der Waals surface area contributed by atoms with Gasteiger partial charge in [0.2, 0.25) is 5.13 Å². The summed E-state index contributed by atoms with van der Waals surface area (Å²) in [6, 6.07) is 0. The van der Waals surface area contributed by atoms with Crippen molar-refractivity contribution >= 4 is 16.5 Å². The highest BCUT2D eigenvalue weighted by Gasteiger charge is 2.33. The Bertz CT molecular complexity index is 246. The topological polar surface area (TPSA) is 45.1 Å². The number of nitrogens with zero attached hydrogens (tertiary/aromatic N) is 1. The number of thiazole rings is 1. The summed E-state index contributed by atoms with van der Waals surface area (Å²) in [5, 5.41) is 7.98. The fraction of sp³-hybridized carbons (Fsp3) is 0.250. The number of hydrogen-bond acceptors (Lipinski definition) is 4. The quantitative estimate of drug-likeness (QED) is 0.656. The third-order valence-electron chi connectivity index (χ3n) is 0.881. The number of aromatic nitrogens is 1. The van der Waals surface area contributed by atoms with E-state index < -0.39 is 11.1 Å². The maximum atomic E-state index is 11.8. The largest absolute Gasteiger partial charge is 0.427 e. The molecule has 62 valence electrons. The van der Waals surface area contributed by atoms with E-state index in [9.17, 15) is 13.2 Å². The van der Waals surface area contributed by atoms with Crippen molar-refractivity contribution in [2.75, 3.05) is 5.48 Å². The first kappa shape index (κ1) is 8.28. The number of halogens is 3. The van der Waals surface area contributed by atoms with E-state index in [4.69, 9.17) is 5.21 Å². The Morgan fingerprint density at radius 2 is 2.18 bits per heavy atom. The molecule has 0 aliphatic heterocycles. The molecule has 1 rings (SSSR count). The minimum absolute atomic E-state index is 0.169. The zero-order chi connectivity index (χ0) is 8.48. The van der Waals surface area contributed by atoms with Crippen LogP contribution in [-0.2, 0) is 6.18 Å². The summed E-state index contributed by atoms with van der Waals surface area (Å²) in [6.45, 7) is 0. The van der Waals surface area contributed by atoms with E-state index in [1.54, 1.807) is 0 Å². The van der Waals surface area contributed by atoms with E-state index >= 15 is 0 Å². The number of anilines is 1. The Hall–Kier alpha value is -0.820. The molecule has 1 heterocycles. The van der Waals surface area contributed by atoms with Crippen LogP contribution in [0.5, 0.6) is 0 Å². The molecule has 0 aliphatic carbocycles. The van der Waals surface area contributed by atoms with Gasteiger partial charge in [-0.05, 0) is 0 Å². The Labute approximate surface area is 63.5 Å². The highest BCUT2D eigenvalue weighted by atomic mass is 32.1. The van der Waals surface area contributed by atoms with Gasteiger partial charge >= 0.3 is 6.18 Å². The maximum Gasteiger partial charge on any atom is 0.427 e. The second-order valence-corrected chi connectivity index (χ2v) is 2.67. The summed E-state index contributed by atoms with van der Waals surface area (Å²) >= 11 is 0.343. The third kappa shape index (κ3) is 1.81. The monoisotopic (exact) mass is 184 g/mol. The lowest BCUT2D eigenvalue weighted by Crippen LogP contribution is -2.00. The summed E-state index contributed by atoms with van der Waals surface area (Å²) in [5.74, 6) is 0. The van der Waals surface area contributed by atoms with E-state index in [0.717, 1.165) is 0 Å². The van der Waals surface area contributed by atoms with Crippen molar-refractivity contribution in [2.45, 2.75) is 6.18 Å². The van der Waals surface area contributed by atoms with Crippen LogP contribution in [0, 0.1) is 0 Å². The molecule has 0 unspecified atom stereocenters. The summed E-state index contributed by atoms with van der Waals surface area (Å²) < 4.78 is 35.4. The lowest BCUT2D eigenvalue weighted by molar-refractivity contribution is -0.134. The Morgan fingerprint density at radius 1 is 1.55 bits per heavy atom. The van der Waals surface area contributed by atoms with Crippen LogP contribution in [0.4, 0.5) is 18.3 Å². The van der Waals surface area contributed by atoms with Crippen molar-refractivity contribution < 1.29 is 18.4 Å². The molecular weight excluding hydrogens is 181 g/mol. The average molecular weight is 184 g/mol. The van der Waals surface area contributed by atoms with Crippen LogP contribution in [0.25, 0.3) is 0 Å². The van der Waals surface area contributed by atoms with E-state index in [1.165, 1.54) is 5.48 Å². The van der Waals surface area contributed by atoms with Gasteiger partial charge in [-0.2, -0.15) is 13.2 Å². The molecule has 1 aromatic heterocycles. The standard InChI is InChI=1S/C4H3F3N2OS/c5-4(6,7)2-1-8-3(9-10)11-2/h1,10H,(H,8,9). The highest BCUT2D eigenvalue weighted by Crippen LogP contribution is 2.34. The van der Waals surface area contributed by atoms with Crippen molar-refractivity contribution in [3.63, 3.8) is 0 Å². The van der Waals surface area contributed by atoms with Gasteiger partial charge in [-0.1, -0.05) is 11.3 Å². The first-order valence-corrected chi connectivity index (χ1v) is 3.29. The Balaban J connectivity index is 2.89. The van der Waals surface area contributed by atoms with E-state index in [-0.39, 0.29) is 5.13 Å². The van der Waals surface area contributed by atoms with Crippen molar-refractivity contribution in [2.24, 2.45) is 0 Å². The molecule has 3 nitrogen and oxygen atoms in total. The first-order chi connectivity index (χ1) is 5.04. The molecular formula is C4H3F3N2OS. The molecule has 0 amide bonds. The van der Waals surface area contributed by atoms with Gasteiger partial charge in [-0.15, -0.1) is 0 Å². The van der Waals surface area contributed by atoms with Crippen molar-refractivity contribution in [1.82, 2.24) is 4.98 Å². The molecule has 0 radical (unpaired) electrons. The van der Waals surface area contributed by atoms with E-state index in [2.05, 4.69) is 4.98 Å². The summed E-state index contributed by atoms with van der Waals surface area (Å²) in [4.78, 5) is 2.40. The molecule has 0 saturated carbocycles. The maximum absolute atomic E-state index is 11.8. The lowest BCUT2D eigenvalue weighted by atomic mass is 10.5. The smallest absolute Gasteiger partial charge is 0.289 e. The lowest BCUT2D eigenvalue weighted by Gasteiger charge is -1.98. The molecule has 1 aromatic rings. The fourth-order valence-electron chi connectivity index (χ4n) is 0.457. The van der Waals surface area contributed by atoms with Gasteiger partial charge in [-0.3, -0.25) is 5.21 Å². The predicted octanol–water partition coefficient (Wildman–Crippen LogP) is 1.96. The Kier molecular flexibility index (Phi) is 2.01. The normalized spacial score (nSPS) is 11.6. The van der Waals surface area contributed by atoms with Crippen LogP contribution < -0.4 is 5.48 Å². The average Bonchev–Trinajstić information content (AvgIpc) is 2.32. The summed E-state index contributed by atoms with van der Waals surface area (Å²) in [7, 11) is 0. The molecule has 0 bridgehead atoms. The molecule has 7 heteroatoms. The number of rotatable bonds is 1. The SMILES string of the molecule is ONc1ncc(C(F)(F)F)s1. The van der Waals surface area contributed by atoms with Crippen molar-refractivity contribution in [1.29, 1.82) is 0 Å². The molecule has 11 heavy (non-hydrogen) atoms. The predicted molar refractivity (Wildman–Crippen MR) is 32.5 cm³/mol. The van der Waals surface area contributed by atoms with Gasteiger partial charge in [0.25, 0.3) is 0 Å². The van der Waals surface area contributed by atoms with Crippen LogP contribution in [-0.4, -0.2) is 10.2 Å². The third-order valence-corrected chi connectivity index (χ3v) is 1.83. The zero-order valence-electron chi connectivity index (χ0n) is 5.01. The number of alkyl halides is 3. The molecule has 0 aliphatic rings. The molecule has 0 spiro atoms. The van der Waals surface area contributed by atoms with Gasteiger partial charge in [0, 0.05) is 0 Å².